The summed E-state index contributed by atoms with van der Waals surface area (Å²) in [6.45, 7) is 3.48. The number of anilines is 1. The van der Waals surface area contributed by atoms with Gasteiger partial charge in [0.15, 0.2) is 0 Å². The highest BCUT2D eigenvalue weighted by molar-refractivity contribution is 5.95. The Bertz CT molecular complexity index is 779. The van der Waals surface area contributed by atoms with Crippen molar-refractivity contribution in [2.24, 2.45) is 0 Å². The van der Waals surface area contributed by atoms with E-state index < -0.39 is 0 Å². The van der Waals surface area contributed by atoms with E-state index in [4.69, 9.17) is 9.47 Å². The molecule has 0 aliphatic carbocycles. The summed E-state index contributed by atoms with van der Waals surface area (Å²) >= 11 is 0. The molecular weight excluding hydrogens is 376 g/mol. The number of nitrogens with one attached hydrogen (secondary N) is 1. The van der Waals surface area contributed by atoms with E-state index >= 15 is 0 Å². The van der Waals surface area contributed by atoms with Crippen LogP contribution >= 0.6 is 12.4 Å². The summed E-state index contributed by atoms with van der Waals surface area (Å²) in [6.07, 6.45) is 2.44. The van der Waals surface area contributed by atoms with E-state index in [0.717, 1.165) is 49.5 Å². The van der Waals surface area contributed by atoms with Gasteiger partial charge in [0.2, 0.25) is 5.91 Å². The molecule has 28 heavy (non-hydrogen) atoms. The lowest BCUT2D eigenvalue weighted by molar-refractivity contribution is -0.119. The van der Waals surface area contributed by atoms with Crippen LogP contribution in [0.1, 0.15) is 24.0 Å². The minimum atomic E-state index is 0. The Labute approximate surface area is 172 Å². The molecule has 1 saturated heterocycles. The zero-order chi connectivity index (χ0) is 18.5. The van der Waals surface area contributed by atoms with Gasteiger partial charge in [-0.15, -0.1) is 12.4 Å². The molecule has 6 heteroatoms. The van der Waals surface area contributed by atoms with Crippen LogP contribution < -0.4 is 15.0 Å². The lowest BCUT2D eigenvalue weighted by Gasteiger charge is -2.32. The molecule has 2 heterocycles. The van der Waals surface area contributed by atoms with E-state index in [0.29, 0.717) is 19.6 Å². The Morgan fingerprint density at radius 1 is 1.21 bits per heavy atom. The maximum Gasteiger partial charge on any atom is 0.228 e. The van der Waals surface area contributed by atoms with Crippen LogP contribution in [-0.4, -0.2) is 38.3 Å². The molecule has 0 saturated carbocycles. The predicted molar refractivity (Wildman–Crippen MR) is 112 cm³/mol. The first-order valence-electron chi connectivity index (χ1n) is 9.71. The lowest BCUT2D eigenvalue weighted by atomic mass is 10.0. The van der Waals surface area contributed by atoms with Gasteiger partial charge in [0.1, 0.15) is 12.4 Å². The highest BCUT2D eigenvalue weighted by Crippen LogP contribution is 2.31. The van der Waals surface area contributed by atoms with E-state index in [-0.39, 0.29) is 24.4 Å². The molecule has 4 rings (SSSR count). The zero-order valence-electron chi connectivity index (χ0n) is 15.9. The Morgan fingerprint density at radius 3 is 2.86 bits per heavy atom. The topological polar surface area (TPSA) is 50.8 Å². The van der Waals surface area contributed by atoms with E-state index in [1.165, 1.54) is 5.56 Å². The number of aryl methyl sites for hydroxylation is 1. The first-order chi connectivity index (χ1) is 13.3. The van der Waals surface area contributed by atoms with Crippen molar-refractivity contribution < 1.29 is 14.3 Å². The summed E-state index contributed by atoms with van der Waals surface area (Å²) in [5, 5.41) is 3.36. The standard InChI is InChI=1S/C22H26N2O3.ClH/c25-22(14-19-16-26-12-10-23-19)24-11-4-7-18-13-20(8-9-21(18)24)27-15-17-5-2-1-3-6-17;/h1-3,5-6,8-9,13,19,23H,4,7,10-12,14-16H2;1H. The van der Waals surface area contributed by atoms with Gasteiger partial charge in [0.05, 0.1) is 13.2 Å². The van der Waals surface area contributed by atoms with Crippen LogP contribution in [0.4, 0.5) is 5.69 Å². The molecule has 1 fully saturated rings. The van der Waals surface area contributed by atoms with Crippen molar-refractivity contribution in [1.29, 1.82) is 0 Å². The van der Waals surface area contributed by atoms with Crippen molar-refractivity contribution in [1.82, 2.24) is 5.32 Å². The summed E-state index contributed by atoms with van der Waals surface area (Å²) in [4.78, 5) is 14.8. The van der Waals surface area contributed by atoms with Gasteiger partial charge in [-0.2, -0.15) is 0 Å². The number of hydrogen-bond acceptors (Lipinski definition) is 4. The number of rotatable bonds is 5. The molecule has 5 nitrogen and oxygen atoms in total. The Hall–Kier alpha value is -2.08. The summed E-state index contributed by atoms with van der Waals surface area (Å²) in [6, 6.07) is 16.3. The summed E-state index contributed by atoms with van der Waals surface area (Å²) in [7, 11) is 0. The monoisotopic (exact) mass is 402 g/mol. The van der Waals surface area contributed by atoms with Crippen molar-refractivity contribution in [3.8, 4) is 5.75 Å². The molecule has 2 aromatic rings. The first kappa shape index (κ1) is 20.6. The molecule has 150 valence electrons. The number of benzene rings is 2. The quantitative estimate of drug-likeness (QED) is 0.833. The molecule has 0 bridgehead atoms. The van der Waals surface area contributed by atoms with Gasteiger partial charge < -0.3 is 19.7 Å². The molecule has 2 aliphatic rings. The van der Waals surface area contributed by atoms with Crippen LogP contribution in [0.3, 0.4) is 0 Å². The second-order valence-corrected chi connectivity index (χ2v) is 7.14. The Morgan fingerprint density at radius 2 is 2.07 bits per heavy atom. The third kappa shape index (κ3) is 5.04. The van der Waals surface area contributed by atoms with Crippen molar-refractivity contribution >= 4 is 24.0 Å². The molecule has 1 atom stereocenters. The normalized spacial score (nSPS) is 18.7. The fraction of sp³-hybridized carbons (Fsp3) is 0.409. The SMILES string of the molecule is Cl.O=C(CC1COCCN1)N1CCCc2cc(OCc3ccccc3)ccc21. The molecule has 0 spiro atoms. The van der Waals surface area contributed by atoms with Crippen LogP contribution in [0.25, 0.3) is 0 Å². The number of morpholine rings is 1. The van der Waals surface area contributed by atoms with Crippen molar-refractivity contribution in [3.05, 3.63) is 59.7 Å². The number of carbonyl (C=O) groups excluding carboxylic acids is 1. The highest BCUT2D eigenvalue weighted by atomic mass is 35.5. The smallest absolute Gasteiger partial charge is 0.228 e. The van der Waals surface area contributed by atoms with E-state index in [1.807, 2.05) is 35.2 Å². The van der Waals surface area contributed by atoms with E-state index in [1.54, 1.807) is 0 Å². The van der Waals surface area contributed by atoms with Crippen LogP contribution in [0.5, 0.6) is 5.75 Å². The maximum atomic E-state index is 12.8. The predicted octanol–water partition coefficient (Wildman–Crippen LogP) is 3.35. The van der Waals surface area contributed by atoms with Crippen LogP contribution in [0, 0.1) is 0 Å². The summed E-state index contributed by atoms with van der Waals surface area (Å²) < 4.78 is 11.4. The van der Waals surface area contributed by atoms with Gasteiger partial charge in [0.25, 0.3) is 0 Å². The number of carbonyl (C=O) groups is 1. The largest absolute Gasteiger partial charge is 0.489 e. The first-order valence-corrected chi connectivity index (χ1v) is 9.71. The van der Waals surface area contributed by atoms with Gasteiger partial charge in [-0.3, -0.25) is 4.79 Å². The van der Waals surface area contributed by atoms with Crippen LogP contribution in [0.2, 0.25) is 0 Å². The third-order valence-corrected chi connectivity index (χ3v) is 5.14. The van der Waals surface area contributed by atoms with Gasteiger partial charge in [-0.1, -0.05) is 30.3 Å². The number of hydrogen-bond donors (Lipinski definition) is 1. The van der Waals surface area contributed by atoms with Gasteiger partial charge in [0, 0.05) is 31.2 Å². The van der Waals surface area contributed by atoms with Gasteiger partial charge in [-0.25, -0.2) is 0 Å². The van der Waals surface area contributed by atoms with Gasteiger partial charge in [-0.05, 0) is 42.2 Å². The lowest BCUT2D eigenvalue weighted by Crippen LogP contribution is -2.46. The number of ether oxygens (including phenoxy) is 2. The van der Waals surface area contributed by atoms with Crippen molar-refractivity contribution in [2.45, 2.75) is 31.9 Å². The summed E-state index contributed by atoms with van der Waals surface area (Å²) in [5.41, 5.74) is 3.36. The molecule has 1 N–H and O–H groups in total. The average molecular weight is 403 g/mol. The molecule has 1 unspecified atom stereocenters. The molecule has 1 amide bonds. The van der Waals surface area contributed by atoms with Crippen molar-refractivity contribution in [3.63, 3.8) is 0 Å². The molecule has 0 aromatic heterocycles. The third-order valence-electron chi connectivity index (χ3n) is 5.14. The van der Waals surface area contributed by atoms with E-state index in [2.05, 4.69) is 23.5 Å². The number of amides is 1. The molecule has 2 aromatic carbocycles. The Kier molecular flexibility index (Phi) is 7.31. The zero-order valence-corrected chi connectivity index (χ0v) is 16.7. The van der Waals surface area contributed by atoms with Crippen molar-refractivity contribution in [2.75, 3.05) is 31.2 Å². The fourth-order valence-corrected chi connectivity index (χ4v) is 3.74. The highest BCUT2D eigenvalue weighted by Gasteiger charge is 2.26. The minimum absolute atomic E-state index is 0. The second kappa shape index (κ2) is 9.92. The molecule has 0 radical (unpaired) electrons. The number of fused-ring (bicyclic) bond motifs is 1. The van der Waals surface area contributed by atoms with Crippen LogP contribution in [-0.2, 0) is 22.6 Å². The van der Waals surface area contributed by atoms with E-state index in [9.17, 15) is 4.79 Å². The van der Waals surface area contributed by atoms with Crippen LogP contribution in [0.15, 0.2) is 48.5 Å². The summed E-state index contributed by atoms with van der Waals surface area (Å²) in [5.74, 6) is 1.02. The minimum Gasteiger partial charge on any atom is -0.489 e. The maximum absolute atomic E-state index is 12.8. The Balaban J connectivity index is 0.00000225. The number of halogens is 1. The van der Waals surface area contributed by atoms with Gasteiger partial charge >= 0.3 is 0 Å². The second-order valence-electron chi connectivity index (χ2n) is 7.14. The molecular formula is C22H27ClN2O3. The number of nitrogens with zero attached hydrogens (tertiary/aromatic N) is 1. The molecule has 2 aliphatic heterocycles. The average Bonchev–Trinajstić information content (AvgIpc) is 2.73. The fourth-order valence-electron chi connectivity index (χ4n) is 3.74.